The van der Waals surface area contributed by atoms with Crippen molar-refractivity contribution in [1.29, 1.82) is 0 Å². The topological polar surface area (TPSA) is 122 Å². The van der Waals surface area contributed by atoms with Crippen LogP contribution in [-0.2, 0) is 9.59 Å². The first kappa shape index (κ1) is 17.8. The van der Waals surface area contributed by atoms with E-state index in [0.717, 1.165) is 5.56 Å². The Morgan fingerprint density at radius 2 is 1.62 bits per heavy atom. The summed E-state index contributed by atoms with van der Waals surface area (Å²) in [4.78, 5) is 34.1. The van der Waals surface area contributed by atoms with Crippen molar-refractivity contribution in [2.75, 3.05) is 5.32 Å². The average Bonchev–Trinajstić information content (AvgIpc) is 2.55. The normalized spacial score (nSPS) is 21.5. The van der Waals surface area contributed by atoms with Crippen molar-refractivity contribution in [2.45, 2.75) is 38.6 Å². The number of carboxylic acid groups (broad SMARTS) is 1. The van der Waals surface area contributed by atoms with Crippen molar-refractivity contribution >= 4 is 23.6 Å². The Morgan fingerprint density at radius 1 is 1.08 bits per heavy atom. The van der Waals surface area contributed by atoms with Crippen LogP contribution in [0.25, 0.3) is 0 Å². The number of aliphatic carboxylic acids is 1. The van der Waals surface area contributed by atoms with Crippen molar-refractivity contribution < 1.29 is 19.5 Å². The monoisotopic (exact) mass is 333 g/mol. The summed E-state index contributed by atoms with van der Waals surface area (Å²) < 4.78 is 0. The Balaban J connectivity index is 1.87. The Kier molecular flexibility index (Phi) is 5.78. The minimum Gasteiger partial charge on any atom is -0.481 e. The third-order valence-electron chi connectivity index (χ3n) is 4.48. The third-order valence-corrected chi connectivity index (χ3v) is 4.48. The summed E-state index contributed by atoms with van der Waals surface area (Å²) >= 11 is 0. The van der Waals surface area contributed by atoms with Crippen LogP contribution in [0.2, 0.25) is 0 Å². The number of nitrogens with one attached hydrogen (secondary N) is 2. The van der Waals surface area contributed by atoms with Crippen LogP contribution in [-0.4, -0.2) is 23.0 Å². The molecule has 0 spiro atoms. The molecule has 1 atom stereocenters. The maximum Gasteiger partial charge on any atom is 0.316 e. The number of carboxylic acids is 1. The highest BCUT2D eigenvalue weighted by molar-refractivity contribution is 5.87. The van der Waals surface area contributed by atoms with Gasteiger partial charge in [-0.1, -0.05) is 12.1 Å². The van der Waals surface area contributed by atoms with E-state index in [1.807, 2.05) is 19.1 Å². The van der Waals surface area contributed by atoms with Gasteiger partial charge in [0.25, 0.3) is 0 Å². The van der Waals surface area contributed by atoms with Gasteiger partial charge in [-0.25, -0.2) is 4.79 Å². The number of urea groups is 1. The van der Waals surface area contributed by atoms with Gasteiger partial charge in [0.05, 0.1) is 12.0 Å². The summed E-state index contributed by atoms with van der Waals surface area (Å²) in [5, 5.41) is 14.5. The number of hydrogen-bond acceptors (Lipinski definition) is 3. The van der Waals surface area contributed by atoms with Gasteiger partial charge in [-0.05, 0) is 50.3 Å². The number of nitrogens with two attached hydrogens (primary N) is 1. The lowest BCUT2D eigenvalue weighted by atomic mass is 9.81. The van der Waals surface area contributed by atoms with Crippen LogP contribution >= 0.6 is 0 Å². The van der Waals surface area contributed by atoms with Gasteiger partial charge in [0.2, 0.25) is 5.91 Å². The van der Waals surface area contributed by atoms with Crippen LogP contribution < -0.4 is 16.4 Å². The fraction of sp³-hybridized carbons (Fsp3) is 0.471. The number of rotatable bonds is 5. The van der Waals surface area contributed by atoms with Gasteiger partial charge in [0.1, 0.15) is 0 Å². The highest BCUT2D eigenvalue weighted by Crippen LogP contribution is 2.29. The average molecular weight is 333 g/mol. The molecule has 1 aliphatic rings. The molecule has 1 aliphatic carbocycles. The van der Waals surface area contributed by atoms with Crippen molar-refractivity contribution in [3.63, 3.8) is 0 Å². The van der Waals surface area contributed by atoms with E-state index < -0.39 is 12.0 Å². The molecule has 0 saturated heterocycles. The van der Waals surface area contributed by atoms with E-state index in [0.29, 0.717) is 31.4 Å². The van der Waals surface area contributed by atoms with Gasteiger partial charge in [0.15, 0.2) is 0 Å². The predicted octanol–water partition coefficient (Wildman–Crippen LogP) is 2.25. The number of carbonyl (C=O) groups is 3. The fourth-order valence-corrected chi connectivity index (χ4v) is 3.01. The first-order valence-electron chi connectivity index (χ1n) is 8.06. The number of hydrogen-bond donors (Lipinski definition) is 4. The molecule has 130 valence electrons. The molecule has 3 amide bonds. The minimum absolute atomic E-state index is 0.0364. The molecule has 1 aromatic rings. The lowest BCUT2D eigenvalue weighted by Gasteiger charge is -2.26. The summed E-state index contributed by atoms with van der Waals surface area (Å²) in [6.45, 7) is 1.89. The van der Waals surface area contributed by atoms with E-state index in [9.17, 15) is 14.4 Å². The Labute approximate surface area is 140 Å². The van der Waals surface area contributed by atoms with E-state index in [-0.39, 0.29) is 23.8 Å². The molecule has 2 rings (SSSR count). The van der Waals surface area contributed by atoms with Crippen LogP contribution in [0, 0.1) is 11.8 Å². The van der Waals surface area contributed by atoms with Crippen LogP contribution in [0.4, 0.5) is 10.5 Å². The SMILES string of the molecule is CC(NC(=O)C1CCC(C(=O)O)CC1)c1ccc(NC(N)=O)cc1. The van der Waals surface area contributed by atoms with Gasteiger partial charge in [-0.2, -0.15) is 0 Å². The Morgan fingerprint density at radius 3 is 2.12 bits per heavy atom. The molecule has 7 nitrogen and oxygen atoms in total. The fourth-order valence-electron chi connectivity index (χ4n) is 3.01. The van der Waals surface area contributed by atoms with Gasteiger partial charge in [-0.3, -0.25) is 9.59 Å². The molecule has 1 aromatic carbocycles. The van der Waals surface area contributed by atoms with Crippen molar-refractivity contribution in [3.05, 3.63) is 29.8 Å². The van der Waals surface area contributed by atoms with Crippen LogP contribution in [0.3, 0.4) is 0 Å². The van der Waals surface area contributed by atoms with Crippen molar-refractivity contribution in [3.8, 4) is 0 Å². The minimum atomic E-state index is -0.771. The molecule has 1 unspecified atom stereocenters. The van der Waals surface area contributed by atoms with E-state index >= 15 is 0 Å². The van der Waals surface area contributed by atoms with Crippen molar-refractivity contribution in [1.82, 2.24) is 5.32 Å². The van der Waals surface area contributed by atoms with E-state index in [4.69, 9.17) is 10.8 Å². The quantitative estimate of drug-likeness (QED) is 0.660. The zero-order valence-corrected chi connectivity index (χ0v) is 13.6. The third kappa shape index (κ3) is 4.71. The maximum atomic E-state index is 12.3. The molecule has 0 aromatic heterocycles. The first-order valence-corrected chi connectivity index (χ1v) is 8.06. The second-order valence-corrected chi connectivity index (χ2v) is 6.23. The molecule has 7 heteroatoms. The van der Waals surface area contributed by atoms with Crippen LogP contribution in [0.15, 0.2) is 24.3 Å². The smallest absolute Gasteiger partial charge is 0.316 e. The number of anilines is 1. The van der Waals surface area contributed by atoms with E-state index in [1.54, 1.807) is 12.1 Å². The van der Waals surface area contributed by atoms with Gasteiger partial charge in [-0.15, -0.1) is 0 Å². The van der Waals surface area contributed by atoms with Crippen LogP contribution in [0.1, 0.15) is 44.2 Å². The number of primary amides is 1. The lowest BCUT2D eigenvalue weighted by molar-refractivity contribution is -0.144. The Hall–Kier alpha value is -2.57. The lowest BCUT2D eigenvalue weighted by Crippen LogP contribution is -2.35. The van der Waals surface area contributed by atoms with Crippen molar-refractivity contribution in [2.24, 2.45) is 17.6 Å². The zero-order chi connectivity index (χ0) is 17.7. The molecule has 0 aliphatic heterocycles. The van der Waals surface area contributed by atoms with Gasteiger partial charge < -0.3 is 21.5 Å². The second kappa shape index (κ2) is 7.81. The summed E-state index contributed by atoms with van der Waals surface area (Å²) in [5.41, 5.74) is 6.56. The van der Waals surface area contributed by atoms with Gasteiger partial charge >= 0.3 is 12.0 Å². The predicted molar refractivity (Wildman–Crippen MR) is 89.3 cm³/mol. The Bertz CT molecular complexity index is 607. The molecule has 1 saturated carbocycles. The maximum absolute atomic E-state index is 12.3. The number of carbonyl (C=O) groups excluding carboxylic acids is 2. The van der Waals surface area contributed by atoms with E-state index in [1.165, 1.54) is 0 Å². The van der Waals surface area contributed by atoms with Crippen LogP contribution in [0.5, 0.6) is 0 Å². The first-order chi connectivity index (χ1) is 11.4. The molecule has 5 N–H and O–H groups in total. The summed E-state index contributed by atoms with van der Waals surface area (Å²) in [6, 6.07) is 6.29. The molecule has 1 fully saturated rings. The van der Waals surface area contributed by atoms with Gasteiger partial charge in [0, 0.05) is 11.6 Å². The largest absolute Gasteiger partial charge is 0.481 e. The highest BCUT2D eigenvalue weighted by atomic mass is 16.4. The number of amides is 3. The summed E-state index contributed by atoms with van der Waals surface area (Å²) in [5.74, 6) is -1.26. The van der Waals surface area contributed by atoms with E-state index in [2.05, 4.69) is 10.6 Å². The molecule has 0 bridgehead atoms. The second-order valence-electron chi connectivity index (χ2n) is 6.23. The molecule has 0 heterocycles. The standard InChI is InChI=1S/C17H23N3O4/c1-10(11-6-8-14(9-7-11)20-17(18)24)19-15(21)12-2-4-13(5-3-12)16(22)23/h6-10,12-13H,2-5H2,1H3,(H,19,21)(H,22,23)(H3,18,20,24). The molecule has 24 heavy (non-hydrogen) atoms. The molecular formula is C17H23N3O4. The highest BCUT2D eigenvalue weighted by Gasteiger charge is 2.30. The zero-order valence-electron chi connectivity index (χ0n) is 13.6. The number of benzene rings is 1. The molecule has 0 radical (unpaired) electrons. The molecular weight excluding hydrogens is 310 g/mol. The summed E-state index contributed by atoms with van der Waals surface area (Å²) in [6.07, 6.45) is 2.32. The summed E-state index contributed by atoms with van der Waals surface area (Å²) in [7, 11) is 0.